The molecule has 8 nitrogen and oxygen atoms in total. The fraction of sp³-hybridized carbons (Fsp3) is 0.348. The molecule has 1 heterocycles. The van der Waals surface area contributed by atoms with Crippen LogP contribution in [0.3, 0.4) is 0 Å². The molecule has 0 spiro atoms. The van der Waals surface area contributed by atoms with Crippen molar-refractivity contribution in [2.24, 2.45) is 5.10 Å². The molecule has 0 saturated carbocycles. The molecule has 0 saturated heterocycles. The highest BCUT2D eigenvalue weighted by Gasteiger charge is 2.27. The van der Waals surface area contributed by atoms with E-state index < -0.39 is 6.10 Å². The lowest BCUT2D eigenvalue weighted by atomic mass is 10.1. The molecule has 1 atom stereocenters. The Kier molecular flexibility index (Phi) is 7.48. The maximum absolute atomic E-state index is 12.4. The molecule has 1 N–H and O–H groups in total. The number of hydrogen-bond donors (Lipinski definition) is 1. The third kappa shape index (κ3) is 5.75. The van der Waals surface area contributed by atoms with Crippen molar-refractivity contribution in [1.29, 1.82) is 0 Å². The van der Waals surface area contributed by atoms with Crippen molar-refractivity contribution in [1.82, 2.24) is 10.3 Å². The Morgan fingerprint density at radius 1 is 1.10 bits per heavy atom. The molecule has 0 aromatic heterocycles. The highest BCUT2D eigenvalue weighted by Crippen LogP contribution is 2.30. The fourth-order valence-corrected chi connectivity index (χ4v) is 3.03. The summed E-state index contributed by atoms with van der Waals surface area (Å²) in [6, 6.07) is 14.4. The second kappa shape index (κ2) is 10.5. The van der Waals surface area contributed by atoms with Gasteiger partial charge in [0.05, 0.1) is 5.71 Å². The summed E-state index contributed by atoms with van der Waals surface area (Å²) >= 11 is 0. The molecule has 0 aliphatic carbocycles. The Morgan fingerprint density at radius 3 is 2.45 bits per heavy atom. The number of nitrogens with one attached hydrogen (secondary N) is 1. The SMILES string of the molecule is CCN(CC)C(=O)COc1ccc(/C(C)=N\NC(=O)[C@@H]2COc3ccccc3O2)cc1. The Balaban J connectivity index is 1.52. The second-order valence-electron chi connectivity index (χ2n) is 6.92. The number of amides is 2. The molecule has 31 heavy (non-hydrogen) atoms. The lowest BCUT2D eigenvalue weighted by molar-refractivity contribution is -0.133. The van der Waals surface area contributed by atoms with Crippen LogP contribution in [-0.2, 0) is 9.59 Å². The summed E-state index contributed by atoms with van der Waals surface area (Å²) in [7, 11) is 0. The van der Waals surface area contributed by atoms with Gasteiger partial charge >= 0.3 is 0 Å². The zero-order chi connectivity index (χ0) is 22.2. The molecule has 3 rings (SSSR count). The third-order valence-electron chi connectivity index (χ3n) is 4.89. The summed E-state index contributed by atoms with van der Waals surface area (Å²) in [6.07, 6.45) is -0.773. The smallest absolute Gasteiger partial charge is 0.284 e. The van der Waals surface area contributed by atoms with Crippen molar-refractivity contribution in [3.05, 3.63) is 54.1 Å². The number of carbonyl (C=O) groups excluding carboxylic acids is 2. The van der Waals surface area contributed by atoms with Crippen molar-refractivity contribution in [3.63, 3.8) is 0 Å². The number of rotatable bonds is 8. The van der Waals surface area contributed by atoms with Gasteiger partial charge in [-0.05, 0) is 62.7 Å². The molecular formula is C23H27N3O5. The highest BCUT2D eigenvalue weighted by atomic mass is 16.6. The maximum Gasteiger partial charge on any atom is 0.284 e. The van der Waals surface area contributed by atoms with Crippen LogP contribution in [0.5, 0.6) is 17.2 Å². The average molecular weight is 425 g/mol. The molecule has 8 heteroatoms. The van der Waals surface area contributed by atoms with Crippen LogP contribution in [-0.4, -0.2) is 54.8 Å². The number of carbonyl (C=O) groups is 2. The number of hydrazone groups is 1. The quantitative estimate of drug-likeness (QED) is 0.519. The minimum Gasteiger partial charge on any atom is -0.485 e. The van der Waals surface area contributed by atoms with E-state index >= 15 is 0 Å². The van der Waals surface area contributed by atoms with Gasteiger partial charge in [0.25, 0.3) is 11.8 Å². The van der Waals surface area contributed by atoms with Crippen LogP contribution in [0.2, 0.25) is 0 Å². The second-order valence-corrected chi connectivity index (χ2v) is 6.92. The molecule has 1 aliphatic rings. The average Bonchev–Trinajstić information content (AvgIpc) is 2.81. The normalized spacial score (nSPS) is 15.2. The van der Waals surface area contributed by atoms with Crippen LogP contribution >= 0.6 is 0 Å². The van der Waals surface area contributed by atoms with Gasteiger partial charge in [0, 0.05) is 13.1 Å². The molecule has 0 bridgehead atoms. The van der Waals surface area contributed by atoms with Crippen molar-refractivity contribution in [3.8, 4) is 17.2 Å². The van der Waals surface area contributed by atoms with Gasteiger partial charge in [0.2, 0.25) is 6.10 Å². The molecule has 2 amide bonds. The number of para-hydroxylation sites is 2. The zero-order valence-corrected chi connectivity index (χ0v) is 18.0. The third-order valence-corrected chi connectivity index (χ3v) is 4.89. The van der Waals surface area contributed by atoms with E-state index in [-0.39, 0.29) is 25.0 Å². The van der Waals surface area contributed by atoms with Crippen LogP contribution < -0.4 is 19.6 Å². The summed E-state index contributed by atoms with van der Waals surface area (Å²) in [4.78, 5) is 26.1. The minimum atomic E-state index is -0.773. The molecule has 2 aromatic carbocycles. The largest absolute Gasteiger partial charge is 0.485 e. The summed E-state index contributed by atoms with van der Waals surface area (Å²) in [6.45, 7) is 7.08. The van der Waals surface area contributed by atoms with Gasteiger partial charge in [-0.3, -0.25) is 9.59 Å². The number of ether oxygens (including phenoxy) is 3. The van der Waals surface area contributed by atoms with E-state index in [0.717, 1.165) is 5.56 Å². The Bertz CT molecular complexity index is 938. The number of nitrogens with zero attached hydrogens (tertiary/aromatic N) is 2. The predicted octanol–water partition coefficient (Wildman–Crippen LogP) is 2.61. The van der Waals surface area contributed by atoms with Gasteiger partial charge in [0.1, 0.15) is 12.4 Å². The predicted molar refractivity (Wildman–Crippen MR) is 117 cm³/mol. The van der Waals surface area contributed by atoms with Crippen LogP contribution in [0.1, 0.15) is 26.3 Å². The summed E-state index contributed by atoms with van der Waals surface area (Å²) in [5.74, 6) is 1.30. The van der Waals surface area contributed by atoms with E-state index in [1.165, 1.54) is 0 Å². The molecule has 164 valence electrons. The van der Waals surface area contributed by atoms with Crippen molar-refractivity contribution in [2.45, 2.75) is 26.9 Å². The Hall–Kier alpha value is -3.55. The van der Waals surface area contributed by atoms with Crippen LogP contribution in [0, 0.1) is 0 Å². The number of fused-ring (bicyclic) bond motifs is 1. The van der Waals surface area contributed by atoms with Crippen LogP contribution in [0.15, 0.2) is 53.6 Å². The molecule has 1 aliphatic heterocycles. The lowest BCUT2D eigenvalue weighted by Gasteiger charge is -2.24. The van der Waals surface area contributed by atoms with Gasteiger partial charge in [0.15, 0.2) is 18.1 Å². The zero-order valence-electron chi connectivity index (χ0n) is 18.0. The monoisotopic (exact) mass is 425 g/mol. The first-order chi connectivity index (χ1) is 15.0. The standard InChI is InChI=1S/C23H27N3O5/c1-4-26(5-2)22(27)15-29-18-12-10-17(11-13-18)16(3)24-25-23(28)21-14-30-19-8-6-7-9-20(19)31-21/h6-13,21H,4-5,14-15H2,1-3H3,(H,25,28)/b24-16-/t21-/m0/s1. The first kappa shape index (κ1) is 22.1. The van der Waals surface area contributed by atoms with Crippen molar-refractivity contribution < 1.29 is 23.8 Å². The van der Waals surface area contributed by atoms with Gasteiger partial charge in [-0.2, -0.15) is 5.10 Å². The van der Waals surface area contributed by atoms with Crippen LogP contribution in [0.4, 0.5) is 0 Å². The minimum absolute atomic E-state index is 0.00323. The van der Waals surface area contributed by atoms with E-state index in [2.05, 4.69) is 10.5 Å². The van der Waals surface area contributed by atoms with E-state index in [1.54, 1.807) is 36.1 Å². The van der Waals surface area contributed by atoms with E-state index in [0.29, 0.717) is 36.0 Å². The van der Waals surface area contributed by atoms with Crippen molar-refractivity contribution in [2.75, 3.05) is 26.3 Å². The van der Waals surface area contributed by atoms with Gasteiger partial charge < -0.3 is 19.1 Å². The highest BCUT2D eigenvalue weighted by molar-refractivity contribution is 5.99. The first-order valence-corrected chi connectivity index (χ1v) is 10.3. The first-order valence-electron chi connectivity index (χ1n) is 10.3. The van der Waals surface area contributed by atoms with Crippen LogP contribution in [0.25, 0.3) is 0 Å². The van der Waals surface area contributed by atoms with Gasteiger partial charge in [-0.25, -0.2) is 5.43 Å². The summed E-state index contributed by atoms with van der Waals surface area (Å²) < 4.78 is 16.8. The summed E-state index contributed by atoms with van der Waals surface area (Å²) in [5.41, 5.74) is 3.96. The Morgan fingerprint density at radius 2 is 1.77 bits per heavy atom. The lowest BCUT2D eigenvalue weighted by Crippen LogP contribution is -2.42. The Labute approximate surface area is 181 Å². The van der Waals surface area contributed by atoms with Gasteiger partial charge in [-0.1, -0.05) is 12.1 Å². The molecular weight excluding hydrogens is 398 g/mol. The maximum atomic E-state index is 12.4. The molecule has 2 aromatic rings. The summed E-state index contributed by atoms with van der Waals surface area (Å²) in [5, 5.41) is 4.15. The number of benzene rings is 2. The van der Waals surface area contributed by atoms with E-state index in [1.807, 2.05) is 38.1 Å². The van der Waals surface area contributed by atoms with Gasteiger partial charge in [-0.15, -0.1) is 0 Å². The molecule has 0 radical (unpaired) electrons. The van der Waals surface area contributed by atoms with E-state index in [4.69, 9.17) is 14.2 Å². The van der Waals surface area contributed by atoms with Crippen molar-refractivity contribution >= 4 is 17.5 Å². The number of hydrogen-bond acceptors (Lipinski definition) is 6. The fourth-order valence-electron chi connectivity index (χ4n) is 3.03. The molecule has 0 fully saturated rings. The van der Waals surface area contributed by atoms with E-state index in [9.17, 15) is 9.59 Å². The molecule has 0 unspecified atom stereocenters. The number of likely N-dealkylation sites (N-methyl/N-ethyl adjacent to an activating group) is 1. The topological polar surface area (TPSA) is 89.5 Å².